The van der Waals surface area contributed by atoms with Crippen molar-refractivity contribution in [3.8, 4) is 0 Å². The summed E-state index contributed by atoms with van der Waals surface area (Å²) >= 11 is 6.30. The van der Waals surface area contributed by atoms with Crippen molar-refractivity contribution in [1.29, 1.82) is 0 Å². The first-order valence-corrected chi connectivity index (χ1v) is 8.21. The highest BCUT2D eigenvalue weighted by Gasteiger charge is 2.21. The number of anilines is 1. The minimum atomic E-state index is 0.770. The minimum Gasteiger partial charge on any atom is -0.302 e. The summed E-state index contributed by atoms with van der Waals surface area (Å²) in [4.78, 5) is 2.34. The van der Waals surface area contributed by atoms with Crippen LogP contribution in [0.15, 0.2) is 65.9 Å². The predicted octanol–water partition coefficient (Wildman–Crippen LogP) is 4.07. The molecule has 0 saturated heterocycles. The van der Waals surface area contributed by atoms with Gasteiger partial charge in [0.15, 0.2) is 0 Å². The van der Waals surface area contributed by atoms with Crippen molar-refractivity contribution in [1.82, 2.24) is 10.3 Å². The maximum atomic E-state index is 6.30. The smallest absolute Gasteiger partial charge is 0.0761 e. The number of nitrogens with one attached hydrogen (secondary N) is 1. The van der Waals surface area contributed by atoms with E-state index in [-0.39, 0.29) is 0 Å². The number of hydrogen-bond acceptors (Lipinski definition) is 3. The highest BCUT2D eigenvalue weighted by atomic mass is 35.5. The van der Waals surface area contributed by atoms with Gasteiger partial charge in [-0.1, -0.05) is 54.1 Å². The molecule has 0 unspecified atom stereocenters. The molecule has 4 heteroatoms. The van der Waals surface area contributed by atoms with Crippen molar-refractivity contribution >= 4 is 17.3 Å². The third kappa shape index (κ3) is 3.87. The van der Waals surface area contributed by atoms with Crippen molar-refractivity contribution < 1.29 is 0 Å². The Kier molecular flexibility index (Phi) is 4.89. The highest BCUT2D eigenvalue weighted by molar-refractivity contribution is 6.33. The van der Waals surface area contributed by atoms with Crippen LogP contribution in [0.1, 0.15) is 12.5 Å². The molecule has 0 fully saturated rings. The van der Waals surface area contributed by atoms with Gasteiger partial charge in [-0.3, -0.25) is 9.91 Å². The number of likely N-dealkylation sites (N-methyl/N-ethyl adjacent to an activating group) is 1. The largest absolute Gasteiger partial charge is 0.302 e. The van der Waals surface area contributed by atoms with Crippen LogP contribution < -0.4 is 10.4 Å². The van der Waals surface area contributed by atoms with E-state index in [1.807, 2.05) is 24.3 Å². The van der Waals surface area contributed by atoms with Crippen molar-refractivity contribution in [2.75, 3.05) is 25.1 Å². The molecule has 1 aliphatic rings. The highest BCUT2D eigenvalue weighted by Crippen LogP contribution is 2.28. The zero-order valence-corrected chi connectivity index (χ0v) is 14.3. The van der Waals surface area contributed by atoms with Crippen LogP contribution in [-0.4, -0.2) is 25.0 Å². The third-order valence-corrected chi connectivity index (χ3v) is 4.40. The van der Waals surface area contributed by atoms with Gasteiger partial charge in [-0.05, 0) is 37.2 Å². The van der Waals surface area contributed by atoms with E-state index in [0.717, 1.165) is 30.3 Å². The number of nitrogens with zero attached hydrogens (tertiary/aromatic N) is 2. The van der Waals surface area contributed by atoms with Gasteiger partial charge in [-0.2, -0.15) is 0 Å². The van der Waals surface area contributed by atoms with Crippen LogP contribution in [0.3, 0.4) is 0 Å². The van der Waals surface area contributed by atoms with E-state index in [2.05, 4.69) is 59.6 Å². The summed E-state index contributed by atoms with van der Waals surface area (Å²) in [6.45, 7) is 4.87. The third-order valence-electron chi connectivity index (χ3n) is 4.08. The van der Waals surface area contributed by atoms with E-state index in [1.54, 1.807) is 0 Å². The van der Waals surface area contributed by atoms with Crippen molar-refractivity contribution in [3.05, 3.63) is 76.5 Å². The predicted molar refractivity (Wildman–Crippen MR) is 97.4 cm³/mol. The van der Waals surface area contributed by atoms with Crippen LogP contribution in [0.4, 0.5) is 5.69 Å². The number of rotatable bonds is 5. The lowest BCUT2D eigenvalue weighted by Crippen LogP contribution is -2.32. The molecule has 3 nitrogen and oxygen atoms in total. The van der Waals surface area contributed by atoms with Crippen LogP contribution in [0.2, 0.25) is 5.02 Å². The summed E-state index contributed by atoms with van der Waals surface area (Å²) in [5.41, 5.74) is 8.39. The number of hydrogen-bond donors (Lipinski definition) is 1. The van der Waals surface area contributed by atoms with Gasteiger partial charge in [-0.25, -0.2) is 0 Å². The molecule has 2 aromatic rings. The Labute approximate surface area is 143 Å². The van der Waals surface area contributed by atoms with E-state index < -0.39 is 0 Å². The van der Waals surface area contributed by atoms with E-state index >= 15 is 0 Å². The van der Waals surface area contributed by atoms with Gasteiger partial charge < -0.3 is 5.43 Å². The molecule has 0 aromatic heterocycles. The Balaban J connectivity index is 1.63. The molecule has 0 aliphatic carbocycles. The summed E-state index contributed by atoms with van der Waals surface area (Å²) in [5, 5.41) is 2.88. The Hall–Kier alpha value is -1.97. The van der Waals surface area contributed by atoms with Gasteiger partial charge in [-0.15, -0.1) is 0 Å². The Morgan fingerprint density at radius 2 is 1.74 bits per heavy atom. The molecule has 120 valence electrons. The average Bonchev–Trinajstić information content (AvgIpc) is 2.89. The summed E-state index contributed by atoms with van der Waals surface area (Å²) in [6, 6.07) is 18.5. The maximum absolute atomic E-state index is 6.30. The van der Waals surface area contributed by atoms with E-state index in [9.17, 15) is 0 Å². The second kappa shape index (κ2) is 7.07. The van der Waals surface area contributed by atoms with E-state index in [0.29, 0.717) is 0 Å². The molecular formula is C19H22ClN3. The number of hydrazine groups is 1. The molecule has 0 radical (unpaired) electrons. The van der Waals surface area contributed by atoms with Gasteiger partial charge in [0.25, 0.3) is 0 Å². The fourth-order valence-corrected chi connectivity index (χ4v) is 3.13. The SMILES string of the molecule is CC1=C(CN(C)Cc2ccccc2)CN(c2ccccc2Cl)N1. The summed E-state index contributed by atoms with van der Waals surface area (Å²) in [6.07, 6.45) is 0. The van der Waals surface area contributed by atoms with Gasteiger partial charge in [0.2, 0.25) is 0 Å². The van der Waals surface area contributed by atoms with Crippen LogP contribution in [0, 0.1) is 0 Å². The monoisotopic (exact) mass is 327 g/mol. The number of halogens is 1. The second-order valence-corrected chi connectivity index (χ2v) is 6.44. The van der Waals surface area contributed by atoms with Crippen molar-refractivity contribution in [2.24, 2.45) is 0 Å². The molecule has 23 heavy (non-hydrogen) atoms. The van der Waals surface area contributed by atoms with Crippen molar-refractivity contribution in [3.63, 3.8) is 0 Å². The first kappa shape index (κ1) is 15.9. The van der Waals surface area contributed by atoms with Gasteiger partial charge in [0.1, 0.15) is 0 Å². The Bertz CT molecular complexity index is 697. The molecule has 1 heterocycles. The average molecular weight is 328 g/mol. The molecule has 0 spiro atoms. The molecule has 1 aliphatic heterocycles. The zero-order chi connectivity index (χ0) is 16.2. The molecule has 0 atom stereocenters. The second-order valence-electron chi connectivity index (χ2n) is 6.04. The van der Waals surface area contributed by atoms with Gasteiger partial charge in [0.05, 0.1) is 17.3 Å². The van der Waals surface area contributed by atoms with Crippen LogP contribution in [-0.2, 0) is 6.54 Å². The lowest BCUT2D eigenvalue weighted by atomic mass is 10.2. The van der Waals surface area contributed by atoms with Crippen LogP contribution in [0.5, 0.6) is 0 Å². The summed E-state index contributed by atoms with van der Waals surface area (Å²) in [7, 11) is 2.16. The molecule has 2 aromatic carbocycles. The molecule has 0 amide bonds. The topological polar surface area (TPSA) is 18.5 Å². The first-order valence-electron chi connectivity index (χ1n) is 7.83. The number of allylic oxidation sites excluding steroid dienone is 1. The van der Waals surface area contributed by atoms with Crippen LogP contribution >= 0.6 is 11.6 Å². The normalized spacial score (nSPS) is 14.5. The zero-order valence-electron chi connectivity index (χ0n) is 13.6. The molecule has 1 N–H and O–H groups in total. The Morgan fingerprint density at radius 3 is 2.48 bits per heavy atom. The first-order chi connectivity index (χ1) is 11.1. The fourth-order valence-electron chi connectivity index (χ4n) is 2.89. The standard InChI is InChI=1S/C19H22ClN3/c1-15-17(13-22(2)12-16-8-4-3-5-9-16)14-23(21-15)19-11-7-6-10-18(19)20/h3-11,21H,12-14H2,1-2H3. The van der Waals surface area contributed by atoms with E-state index in [4.69, 9.17) is 11.6 Å². The summed E-state index contributed by atoms with van der Waals surface area (Å²) in [5.74, 6) is 0. The van der Waals surface area contributed by atoms with Crippen molar-refractivity contribution in [2.45, 2.75) is 13.5 Å². The van der Waals surface area contributed by atoms with E-state index in [1.165, 1.54) is 16.8 Å². The molecular weight excluding hydrogens is 306 g/mol. The van der Waals surface area contributed by atoms with Gasteiger partial charge in [0, 0.05) is 18.8 Å². The fraction of sp³-hybridized carbons (Fsp3) is 0.263. The number of para-hydroxylation sites is 1. The van der Waals surface area contributed by atoms with Crippen LogP contribution in [0.25, 0.3) is 0 Å². The lowest BCUT2D eigenvalue weighted by Gasteiger charge is -2.21. The Morgan fingerprint density at radius 1 is 1.04 bits per heavy atom. The minimum absolute atomic E-state index is 0.770. The lowest BCUT2D eigenvalue weighted by molar-refractivity contribution is 0.354. The molecule has 0 saturated carbocycles. The molecule has 3 rings (SSSR count). The summed E-state index contributed by atoms with van der Waals surface area (Å²) < 4.78 is 0. The van der Waals surface area contributed by atoms with Gasteiger partial charge >= 0.3 is 0 Å². The maximum Gasteiger partial charge on any atom is 0.0761 e. The quantitative estimate of drug-likeness (QED) is 0.893. The molecule has 0 bridgehead atoms. The number of benzene rings is 2.